The van der Waals surface area contributed by atoms with Crippen LogP contribution in [0.4, 0.5) is 15.8 Å². The number of carbonyl (C=O) groups is 3. The van der Waals surface area contributed by atoms with E-state index in [9.17, 15) is 18.8 Å². The van der Waals surface area contributed by atoms with Gasteiger partial charge in [-0.1, -0.05) is 17.7 Å². The van der Waals surface area contributed by atoms with E-state index in [1.165, 1.54) is 42.3 Å². The van der Waals surface area contributed by atoms with Crippen molar-refractivity contribution in [2.75, 3.05) is 24.4 Å². The van der Waals surface area contributed by atoms with Gasteiger partial charge in [-0.05, 0) is 18.2 Å². The maximum atomic E-state index is 14.2. The molecule has 0 radical (unpaired) electrons. The van der Waals surface area contributed by atoms with E-state index in [0.717, 1.165) is 20.3 Å². The first kappa shape index (κ1) is 20.2. The maximum absolute atomic E-state index is 14.2. The van der Waals surface area contributed by atoms with Crippen LogP contribution in [0.15, 0.2) is 47.8 Å². The highest BCUT2D eigenvalue weighted by molar-refractivity contribution is 6.31. The Bertz CT molecular complexity index is 892. The van der Waals surface area contributed by atoms with Crippen molar-refractivity contribution in [1.82, 2.24) is 0 Å². The number of ether oxygens (including phenoxy) is 2. The molecule has 1 N–H and O–H groups in total. The van der Waals surface area contributed by atoms with E-state index in [0.29, 0.717) is 0 Å². The molecule has 7 nitrogen and oxygen atoms in total. The fraction of sp³-hybridized carbons (Fsp3) is 0.167. The topological polar surface area (TPSA) is 84.9 Å². The largest absolute Gasteiger partial charge is 0.465 e. The summed E-state index contributed by atoms with van der Waals surface area (Å²) >= 11 is 5.82. The number of allylic oxidation sites excluding steroid dienone is 2. The molecule has 2 rings (SSSR count). The molecule has 142 valence electrons. The van der Waals surface area contributed by atoms with Crippen molar-refractivity contribution in [1.29, 1.82) is 0 Å². The zero-order chi connectivity index (χ0) is 20.1. The molecule has 1 aliphatic heterocycles. The summed E-state index contributed by atoms with van der Waals surface area (Å²) in [4.78, 5) is 37.3. The predicted octanol–water partition coefficient (Wildman–Crippen LogP) is 2.93. The van der Waals surface area contributed by atoms with Gasteiger partial charge in [0.25, 0.3) is 0 Å². The summed E-state index contributed by atoms with van der Waals surface area (Å²) in [5.74, 6) is -2.88. The predicted molar refractivity (Wildman–Crippen MR) is 97.5 cm³/mol. The van der Waals surface area contributed by atoms with Crippen LogP contribution < -0.4 is 10.2 Å². The molecule has 0 unspecified atom stereocenters. The van der Waals surface area contributed by atoms with Crippen LogP contribution in [0, 0.1) is 5.82 Å². The molecule has 0 fully saturated rings. The Morgan fingerprint density at radius 2 is 1.78 bits per heavy atom. The number of hydrogen-bond acceptors (Lipinski definition) is 6. The normalized spacial score (nSPS) is 13.3. The van der Waals surface area contributed by atoms with E-state index < -0.39 is 23.7 Å². The minimum absolute atomic E-state index is 0.0638. The summed E-state index contributed by atoms with van der Waals surface area (Å²) in [6.45, 7) is 1.26. The highest BCUT2D eigenvalue weighted by Crippen LogP contribution is 2.36. The van der Waals surface area contributed by atoms with Crippen molar-refractivity contribution in [3.8, 4) is 0 Å². The zero-order valence-corrected chi connectivity index (χ0v) is 15.5. The third-order valence-electron chi connectivity index (χ3n) is 3.50. The number of nitrogens with one attached hydrogen (secondary N) is 1. The first-order valence-electron chi connectivity index (χ1n) is 7.61. The number of esters is 2. The van der Waals surface area contributed by atoms with E-state index in [1.807, 2.05) is 0 Å². The average molecular weight is 395 g/mol. The van der Waals surface area contributed by atoms with E-state index in [-0.39, 0.29) is 27.7 Å². The molecule has 0 aliphatic carbocycles. The Balaban J connectivity index is 2.77. The minimum atomic E-state index is -0.865. The van der Waals surface area contributed by atoms with Crippen molar-refractivity contribution >= 4 is 40.8 Å². The fourth-order valence-corrected chi connectivity index (χ4v) is 2.54. The van der Waals surface area contributed by atoms with Gasteiger partial charge in [0.2, 0.25) is 5.91 Å². The van der Waals surface area contributed by atoms with Gasteiger partial charge < -0.3 is 19.7 Å². The second-order valence-corrected chi connectivity index (χ2v) is 5.69. The van der Waals surface area contributed by atoms with Crippen LogP contribution in [0.25, 0.3) is 0 Å². The monoisotopic (exact) mass is 394 g/mol. The molecule has 1 heterocycles. The quantitative estimate of drug-likeness (QED) is 0.790. The molecule has 1 aromatic rings. The van der Waals surface area contributed by atoms with Crippen molar-refractivity contribution in [3.05, 3.63) is 58.7 Å². The Kier molecular flexibility index (Phi) is 6.36. The molecule has 0 aromatic heterocycles. The number of halogens is 2. The van der Waals surface area contributed by atoms with Crippen molar-refractivity contribution in [3.63, 3.8) is 0 Å². The molecule has 1 amide bonds. The number of hydrogen-bond donors (Lipinski definition) is 1. The summed E-state index contributed by atoms with van der Waals surface area (Å²) in [5, 5.41) is 2.29. The minimum Gasteiger partial charge on any atom is -0.465 e. The molecule has 0 saturated heterocycles. The Labute approximate surface area is 159 Å². The molecule has 27 heavy (non-hydrogen) atoms. The zero-order valence-electron chi connectivity index (χ0n) is 14.7. The molecule has 9 heteroatoms. The third-order valence-corrected chi connectivity index (χ3v) is 3.79. The molecule has 0 spiro atoms. The summed E-state index contributed by atoms with van der Waals surface area (Å²) in [6.07, 6.45) is 5.79. The average Bonchev–Trinajstić information content (AvgIpc) is 2.85. The van der Waals surface area contributed by atoms with Gasteiger partial charge in [0.15, 0.2) is 0 Å². The van der Waals surface area contributed by atoms with E-state index in [1.54, 1.807) is 0 Å². The first-order chi connectivity index (χ1) is 12.8. The summed E-state index contributed by atoms with van der Waals surface area (Å²) < 4.78 is 23.6. The number of anilines is 2. The lowest BCUT2D eigenvalue weighted by atomic mass is 10.1. The number of benzene rings is 1. The SMILES string of the molecule is COC(=O)C1=C(C(=O)OC)N(c2cc(F)c(Cl)cc2NC(C)=O)C=CC=C1. The number of amides is 1. The maximum Gasteiger partial charge on any atom is 0.355 e. The highest BCUT2D eigenvalue weighted by Gasteiger charge is 2.29. The Hall–Kier alpha value is -3.13. The number of carbonyl (C=O) groups excluding carboxylic acids is 3. The van der Waals surface area contributed by atoms with Gasteiger partial charge >= 0.3 is 11.9 Å². The van der Waals surface area contributed by atoms with E-state index in [4.69, 9.17) is 21.1 Å². The second kappa shape index (κ2) is 8.50. The first-order valence-corrected chi connectivity index (χ1v) is 7.99. The molecular formula is C18H16ClFN2O5. The molecule has 0 bridgehead atoms. The van der Waals surface area contributed by atoms with Crippen LogP contribution >= 0.6 is 11.6 Å². The lowest BCUT2D eigenvalue weighted by Crippen LogP contribution is -2.28. The summed E-state index contributed by atoms with van der Waals surface area (Å²) in [6, 6.07) is 2.23. The van der Waals surface area contributed by atoms with E-state index >= 15 is 0 Å². The van der Waals surface area contributed by atoms with E-state index in [2.05, 4.69) is 5.32 Å². The van der Waals surface area contributed by atoms with Crippen LogP contribution in [0.3, 0.4) is 0 Å². The van der Waals surface area contributed by atoms with Gasteiger partial charge in [-0.15, -0.1) is 0 Å². The number of rotatable bonds is 4. The van der Waals surface area contributed by atoms with Crippen LogP contribution in [-0.2, 0) is 23.9 Å². The van der Waals surface area contributed by atoms with Gasteiger partial charge in [0, 0.05) is 19.2 Å². The van der Waals surface area contributed by atoms with Crippen molar-refractivity contribution < 1.29 is 28.2 Å². The van der Waals surface area contributed by atoms with Gasteiger partial charge in [0.05, 0.1) is 36.2 Å². The third kappa shape index (κ3) is 4.35. The van der Waals surface area contributed by atoms with Crippen LogP contribution in [0.5, 0.6) is 0 Å². The Morgan fingerprint density at radius 1 is 1.11 bits per heavy atom. The second-order valence-electron chi connectivity index (χ2n) is 5.28. The fourth-order valence-electron chi connectivity index (χ4n) is 2.38. The Morgan fingerprint density at radius 3 is 2.37 bits per heavy atom. The van der Waals surface area contributed by atoms with Gasteiger partial charge in [0.1, 0.15) is 11.5 Å². The van der Waals surface area contributed by atoms with Gasteiger partial charge in [-0.2, -0.15) is 0 Å². The van der Waals surface area contributed by atoms with Crippen molar-refractivity contribution in [2.24, 2.45) is 0 Å². The number of nitrogens with zero attached hydrogens (tertiary/aromatic N) is 1. The lowest BCUT2D eigenvalue weighted by Gasteiger charge is -2.25. The molecule has 1 aliphatic rings. The van der Waals surface area contributed by atoms with Crippen LogP contribution in [0.2, 0.25) is 5.02 Å². The van der Waals surface area contributed by atoms with Crippen LogP contribution in [-0.4, -0.2) is 32.1 Å². The van der Waals surface area contributed by atoms with Gasteiger partial charge in [-0.25, -0.2) is 14.0 Å². The summed E-state index contributed by atoms with van der Waals surface area (Å²) in [7, 11) is 2.29. The molecule has 1 aromatic carbocycles. The van der Waals surface area contributed by atoms with Crippen LogP contribution in [0.1, 0.15) is 6.92 Å². The smallest absolute Gasteiger partial charge is 0.355 e. The molecule has 0 atom stereocenters. The van der Waals surface area contributed by atoms with Crippen molar-refractivity contribution in [2.45, 2.75) is 6.92 Å². The molecule has 0 saturated carbocycles. The summed E-state index contributed by atoms with van der Waals surface area (Å²) in [5.41, 5.74) is -0.138. The standard InChI is InChI=1S/C18H16ClFN2O5/c1-10(23)21-14-8-12(19)13(20)9-15(14)22-7-5-4-6-11(17(24)26-2)16(22)18(25)27-3/h4-9H,1-3H3,(H,21,23). The number of methoxy groups -OCH3 is 2. The highest BCUT2D eigenvalue weighted by atomic mass is 35.5. The molecular weight excluding hydrogens is 379 g/mol. The van der Waals surface area contributed by atoms with Gasteiger partial charge in [-0.3, -0.25) is 4.79 Å². The lowest BCUT2D eigenvalue weighted by molar-refractivity contribution is -0.139.